The summed E-state index contributed by atoms with van der Waals surface area (Å²) in [7, 11) is 0. The molecule has 1 N–H and O–H groups in total. The van der Waals surface area contributed by atoms with Crippen molar-refractivity contribution in [1.29, 1.82) is 0 Å². The van der Waals surface area contributed by atoms with Crippen LogP contribution in [0.2, 0.25) is 0 Å². The molecule has 2 aromatic heterocycles. The van der Waals surface area contributed by atoms with Gasteiger partial charge in [-0.2, -0.15) is 0 Å². The van der Waals surface area contributed by atoms with Gasteiger partial charge in [-0.25, -0.2) is 4.98 Å². The highest BCUT2D eigenvalue weighted by atomic mass is 32.1. The van der Waals surface area contributed by atoms with Crippen molar-refractivity contribution in [3.05, 3.63) is 50.9 Å². The summed E-state index contributed by atoms with van der Waals surface area (Å²) < 4.78 is 12.7. The molecule has 0 spiro atoms. The smallest absolute Gasteiger partial charge is 0.262 e. The predicted octanol–water partition coefficient (Wildman–Crippen LogP) is 4.77. The van der Waals surface area contributed by atoms with Crippen molar-refractivity contribution in [3.8, 4) is 11.5 Å². The molecule has 3 aromatic rings. The molecule has 0 radical (unpaired) electrons. The third-order valence-electron chi connectivity index (χ3n) is 6.92. The second-order valence-electron chi connectivity index (χ2n) is 10.4. The average molecular weight is 512 g/mol. The molecular formula is C28H37N3O4S. The molecule has 8 heteroatoms. The average Bonchev–Trinajstić information content (AvgIpc) is 3.21. The van der Waals surface area contributed by atoms with Crippen LogP contribution >= 0.6 is 11.3 Å². The van der Waals surface area contributed by atoms with Gasteiger partial charge in [0, 0.05) is 11.4 Å². The van der Waals surface area contributed by atoms with Crippen molar-refractivity contribution in [2.24, 2.45) is 11.3 Å². The third-order valence-corrected chi connectivity index (χ3v) is 8.08. The zero-order valence-corrected chi connectivity index (χ0v) is 22.8. The normalized spacial score (nSPS) is 15.5. The van der Waals surface area contributed by atoms with Gasteiger partial charge in [0.05, 0.1) is 24.9 Å². The maximum Gasteiger partial charge on any atom is 0.262 e. The molecule has 1 aliphatic rings. The van der Waals surface area contributed by atoms with Crippen LogP contribution in [-0.2, 0) is 30.6 Å². The van der Waals surface area contributed by atoms with Crippen LogP contribution in [0, 0.1) is 11.3 Å². The molecule has 0 saturated carbocycles. The maximum absolute atomic E-state index is 13.3. The van der Waals surface area contributed by atoms with E-state index in [0.717, 1.165) is 41.0 Å². The number of rotatable bonds is 9. The van der Waals surface area contributed by atoms with Gasteiger partial charge in [-0.1, -0.05) is 26.8 Å². The number of benzene rings is 1. The van der Waals surface area contributed by atoms with E-state index >= 15 is 0 Å². The van der Waals surface area contributed by atoms with Gasteiger partial charge in [-0.15, -0.1) is 11.3 Å². The van der Waals surface area contributed by atoms with E-state index in [-0.39, 0.29) is 23.4 Å². The van der Waals surface area contributed by atoms with Gasteiger partial charge in [0.25, 0.3) is 5.56 Å². The number of hydrogen-bond acceptors (Lipinski definition) is 6. The number of carbonyl (C=O) groups is 1. The highest BCUT2D eigenvalue weighted by molar-refractivity contribution is 7.18. The number of carbonyl (C=O) groups excluding carboxylic acids is 1. The van der Waals surface area contributed by atoms with Gasteiger partial charge >= 0.3 is 0 Å². The first kappa shape index (κ1) is 26.2. The highest BCUT2D eigenvalue weighted by Crippen LogP contribution is 2.41. The molecule has 1 atom stereocenters. The third kappa shape index (κ3) is 5.75. The Morgan fingerprint density at radius 2 is 1.94 bits per heavy atom. The highest BCUT2D eigenvalue weighted by Gasteiger charge is 2.31. The number of ether oxygens (including phenoxy) is 2. The standard InChI is InChI=1S/C28H37N3O4S/c1-6-34-21-11-8-18(14-22(21)35-7-2)12-13-29-24(32)16-31-17-30-26-25(27(31)33)20-10-9-19(28(3,4)5)15-23(20)36-26/h8,11,14,17,19H,6-7,9-10,12-13,15-16H2,1-5H3,(H,29,32). The molecule has 2 heterocycles. The van der Waals surface area contributed by atoms with Crippen LogP contribution in [0.5, 0.6) is 11.5 Å². The number of thiophene rings is 1. The van der Waals surface area contributed by atoms with Gasteiger partial charge in [-0.05, 0) is 74.1 Å². The first-order valence-corrected chi connectivity index (χ1v) is 13.7. The van der Waals surface area contributed by atoms with Crippen LogP contribution in [-0.4, -0.2) is 35.2 Å². The number of aromatic nitrogens is 2. The summed E-state index contributed by atoms with van der Waals surface area (Å²) in [5.41, 5.74) is 2.31. The number of fused-ring (bicyclic) bond motifs is 3. The Kier molecular flexibility index (Phi) is 8.03. The van der Waals surface area contributed by atoms with Gasteiger partial charge in [-0.3, -0.25) is 14.2 Å². The fraction of sp³-hybridized carbons (Fsp3) is 0.536. The summed E-state index contributed by atoms with van der Waals surface area (Å²) in [6, 6.07) is 5.83. The molecule has 1 unspecified atom stereocenters. The summed E-state index contributed by atoms with van der Waals surface area (Å²) in [6.45, 7) is 12.3. The lowest BCUT2D eigenvalue weighted by Gasteiger charge is -2.33. The Morgan fingerprint density at radius 1 is 1.19 bits per heavy atom. The molecular weight excluding hydrogens is 474 g/mol. The number of nitrogens with zero attached hydrogens (tertiary/aromatic N) is 2. The molecule has 194 valence electrons. The first-order valence-electron chi connectivity index (χ1n) is 12.9. The molecule has 0 fully saturated rings. The summed E-state index contributed by atoms with van der Waals surface area (Å²) in [5, 5.41) is 3.63. The second kappa shape index (κ2) is 11.0. The van der Waals surface area contributed by atoms with Crippen molar-refractivity contribution in [2.45, 2.75) is 66.8 Å². The van der Waals surface area contributed by atoms with E-state index in [1.165, 1.54) is 15.8 Å². The lowest BCUT2D eigenvalue weighted by Crippen LogP contribution is -2.33. The van der Waals surface area contributed by atoms with E-state index in [4.69, 9.17) is 9.47 Å². The van der Waals surface area contributed by atoms with Crippen molar-refractivity contribution in [3.63, 3.8) is 0 Å². The quantitative estimate of drug-likeness (QED) is 0.448. The Labute approximate surface area is 216 Å². The maximum atomic E-state index is 13.3. The lowest BCUT2D eigenvalue weighted by atomic mass is 9.72. The van der Waals surface area contributed by atoms with Crippen molar-refractivity contribution in [1.82, 2.24) is 14.9 Å². The first-order chi connectivity index (χ1) is 17.2. The molecule has 0 saturated heterocycles. The van der Waals surface area contributed by atoms with Gasteiger partial charge in [0.2, 0.25) is 5.91 Å². The van der Waals surface area contributed by atoms with E-state index in [0.29, 0.717) is 43.2 Å². The van der Waals surface area contributed by atoms with E-state index in [9.17, 15) is 9.59 Å². The van der Waals surface area contributed by atoms with Crippen LogP contribution in [0.1, 0.15) is 57.0 Å². The van der Waals surface area contributed by atoms with E-state index in [1.807, 2.05) is 32.0 Å². The van der Waals surface area contributed by atoms with Crippen molar-refractivity contribution in [2.75, 3.05) is 19.8 Å². The monoisotopic (exact) mass is 511 g/mol. The largest absolute Gasteiger partial charge is 0.490 e. The number of aryl methyl sites for hydroxylation is 1. The minimum Gasteiger partial charge on any atom is -0.490 e. The second-order valence-corrected chi connectivity index (χ2v) is 11.5. The molecule has 4 rings (SSSR count). The number of hydrogen-bond donors (Lipinski definition) is 1. The van der Waals surface area contributed by atoms with Gasteiger partial charge in [0.15, 0.2) is 11.5 Å². The predicted molar refractivity (Wildman–Crippen MR) is 144 cm³/mol. The Bertz CT molecular complexity index is 1290. The van der Waals surface area contributed by atoms with Crippen LogP contribution < -0.4 is 20.3 Å². The Morgan fingerprint density at radius 3 is 2.67 bits per heavy atom. The molecule has 1 amide bonds. The zero-order valence-electron chi connectivity index (χ0n) is 22.0. The molecule has 0 aliphatic heterocycles. The molecule has 0 bridgehead atoms. The van der Waals surface area contributed by atoms with Crippen LogP contribution in [0.3, 0.4) is 0 Å². The molecule has 1 aromatic carbocycles. The fourth-order valence-corrected chi connectivity index (χ4v) is 6.12. The molecule has 36 heavy (non-hydrogen) atoms. The Hall–Kier alpha value is -2.87. The van der Waals surface area contributed by atoms with Crippen LogP contribution in [0.15, 0.2) is 29.3 Å². The SMILES string of the molecule is CCOc1ccc(CCNC(=O)Cn2cnc3sc4c(c3c2=O)CCC(C(C)(C)C)C4)cc1OCC. The van der Waals surface area contributed by atoms with E-state index in [2.05, 4.69) is 31.1 Å². The minimum atomic E-state index is -0.203. The summed E-state index contributed by atoms with van der Waals surface area (Å²) in [4.78, 5) is 32.5. The summed E-state index contributed by atoms with van der Waals surface area (Å²) >= 11 is 1.64. The van der Waals surface area contributed by atoms with Gasteiger partial charge in [0.1, 0.15) is 11.4 Å². The van der Waals surface area contributed by atoms with Crippen molar-refractivity contribution >= 4 is 27.5 Å². The van der Waals surface area contributed by atoms with Gasteiger partial charge < -0.3 is 14.8 Å². The number of nitrogens with one attached hydrogen (secondary N) is 1. The van der Waals surface area contributed by atoms with E-state index in [1.54, 1.807) is 11.3 Å². The van der Waals surface area contributed by atoms with Crippen LogP contribution in [0.4, 0.5) is 0 Å². The number of amides is 1. The summed E-state index contributed by atoms with van der Waals surface area (Å²) in [5.74, 6) is 1.83. The topological polar surface area (TPSA) is 82.5 Å². The summed E-state index contributed by atoms with van der Waals surface area (Å²) in [6.07, 6.45) is 5.13. The van der Waals surface area contributed by atoms with Crippen LogP contribution in [0.25, 0.3) is 10.2 Å². The Balaban J connectivity index is 1.40. The van der Waals surface area contributed by atoms with E-state index < -0.39 is 0 Å². The minimum absolute atomic E-state index is 0.0372. The van der Waals surface area contributed by atoms with Crippen molar-refractivity contribution < 1.29 is 14.3 Å². The zero-order chi connectivity index (χ0) is 25.9. The molecule has 1 aliphatic carbocycles. The lowest BCUT2D eigenvalue weighted by molar-refractivity contribution is -0.121. The fourth-order valence-electron chi connectivity index (χ4n) is 4.86. The molecule has 7 nitrogen and oxygen atoms in total.